The number of nitrogens with zero attached hydrogens (tertiary/aromatic N) is 2. The van der Waals surface area contributed by atoms with E-state index < -0.39 is 0 Å². The fourth-order valence-electron chi connectivity index (χ4n) is 2.64. The van der Waals surface area contributed by atoms with E-state index in [1.807, 2.05) is 37.3 Å². The lowest BCUT2D eigenvalue weighted by Gasteiger charge is -2.14. The topological polar surface area (TPSA) is 49.8 Å². The molecule has 0 atom stereocenters. The van der Waals surface area contributed by atoms with Gasteiger partial charge in [-0.15, -0.1) is 0 Å². The van der Waals surface area contributed by atoms with E-state index in [0.717, 1.165) is 17.2 Å². The Bertz CT molecular complexity index is 606. The molecule has 4 nitrogen and oxygen atoms in total. The predicted molar refractivity (Wildman–Crippen MR) is 87.4 cm³/mol. The molecular formula is C16H19ClN4. The van der Waals surface area contributed by atoms with E-state index in [0.29, 0.717) is 17.0 Å². The average Bonchev–Trinajstić information content (AvgIpc) is 2.93. The molecule has 0 saturated heterocycles. The number of aryl methyl sites for hydroxylation is 1. The van der Waals surface area contributed by atoms with E-state index >= 15 is 0 Å². The summed E-state index contributed by atoms with van der Waals surface area (Å²) in [5, 5.41) is 7.44. The zero-order chi connectivity index (χ0) is 14.7. The van der Waals surface area contributed by atoms with Crippen molar-refractivity contribution in [1.29, 1.82) is 0 Å². The molecule has 1 aliphatic rings. The van der Waals surface area contributed by atoms with Crippen LogP contribution in [0, 0.1) is 6.92 Å². The van der Waals surface area contributed by atoms with Gasteiger partial charge in [0.15, 0.2) is 0 Å². The minimum atomic E-state index is 0.544. The summed E-state index contributed by atoms with van der Waals surface area (Å²) in [7, 11) is 0. The first kappa shape index (κ1) is 14.1. The number of rotatable bonds is 4. The van der Waals surface area contributed by atoms with Gasteiger partial charge in [-0.1, -0.05) is 24.4 Å². The first-order valence-electron chi connectivity index (χ1n) is 7.34. The number of aromatic nitrogens is 2. The summed E-state index contributed by atoms with van der Waals surface area (Å²) >= 11 is 5.89. The van der Waals surface area contributed by atoms with E-state index in [2.05, 4.69) is 20.6 Å². The molecule has 110 valence electrons. The number of hydrogen-bond acceptors (Lipinski definition) is 4. The smallest absolute Gasteiger partial charge is 0.229 e. The van der Waals surface area contributed by atoms with Gasteiger partial charge in [0.05, 0.1) is 0 Å². The molecule has 1 aliphatic carbocycles. The molecule has 0 radical (unpaired) electrons. The van der Waals surface area contributed by atoms with Crippen molar-refractivity contribution in [1.82, 2.24) is 9.97 Å². The standard InChI is InChI=1S/C16H19ClN4/c1-11-10-15(19-13-4-2-3-5-13)21-16(18-11)20-14-8-6-12(17)7-9-14/h6-10,13H,2-5H2,1H3,(H2,18,19,20,21). The summed E-state index contributed by atoms with van der Waals surface area (Å²) in [4.78, 5) is 8.98. The van der Waals surface area contributed by atoms with Crippen molar-refractivity contribution in [2.75, 3.05) is 10.6 Å². The SMILES string of the molecule is Cc1cc(NC2CCCC2)nc(Nc2ccc(Cl)cc2)n1. The quantitative estimate of drug-likeness (QED) is 0.871. The van der Waals surface area contributed by atoms with Crippen LogP contribution in [-0.4, -0.2) is 16.0 Å². The molecule has 0 aliphatic heterocycles. The van der Waals surface area contributed by atoms with Crippen molar-refractivity contribution in [3.63, 3.8) is 0 Å². The van der Waals surface area contributed by atoms with Crippen molar-refractivity contribution in [3.05, 3.63) is 41.0 Å². The second-order valence-corrected chi connectivity index (χ2v) is 5.91. The molecule has 5 heteroatoms. The molecular weight excluding hydrogens is 284 g/mol. The van der Waals surface area contributed by atoms with Crippen LogP contribution in [0.5, 0.6) is 0 Å². The summed E-state index contributed by atoms with van der Waals surface area (Å²) in [6, 6.07) is 10.1. The van der Waals surface area contributed by atoms with Gasteiger partial charge in [-0.3, -0.25) is 0 Å². The van der Waals surface area contributed by atoms with Crippen molar-refractivity contribution >= 4 is 29.1 Å². The number of nitrogens with one attached hydrogen (secondary N) is 2. The Morgan fingerprint density at radius 1 is 1.10 bits per heavy atom. The Labute approximate surface area is 130 Å². The van der Waals surface area contributed by atoms with Gasteiger partial charge in [0.25, 0.3) is 0 Å². The van der Waals surface area contributed by atoms with Gasteiger partial charge in [-0.05, 0) is 44.0 Å². The summed E-state index contributed by atoms with van der Waals surface area (Å²) in [5.74, 6) is 1.50. The fourth-order valence-corrected chi connectivity index (χ4v) is 2.77. The zero-order valence-electron chi connectivity index (χ0n) is 12.1. The summed E-state index contributed by atoms with van der Waals surface area (Å²) in [5.41, 5.74) is 1.87. The molecule has 0 unspecified atom stereocenters. The Balaban J connectivity index is 1.75. The van der Waals surface area contributed by atoms with Crippen molar-refractivity contribution < 1.29 is 0 Å². The molecule has 1 aromatic heterocycles. The lowest BCUT2D eigenvalue weighted by Crippen LogP contribution is -2.16. The van der Waals surface area contributed by atoms with Crippen LogP contribution in [0.25, 0.3) is 0 Å². The van der Waals surface area contributed by atoms with E-state index in [1.54, 1.807) is 0 Å². The van der Waals surface area contributed by atoms with Crippen LogP contribution in [-0.2, 0) is 0 Å². The molecule has 3 rings (SSSR count). The van der Waals surface area contributed by atoms with Crippen molar-refractivity contribution in [3.8, 4) is 0 Å². The molecule has 0 bridgehead atoms. The highest BCUT2D eigenvalue weighted by Gasteiger charge is 2.15. The van der Waals surface area contributed by atoms with Gasteiger partial charge in [-0.2, -0.15) is 4.98 Å². The van der Waals surface area contributed by atoms with E-state index in [9.17, 15) is 0 Å². The van der Waals surface area contributed by atoms with Crippen LogP contribution < -0.4 is 10.6 Å². The highest BCUT2D eigenvalue weighted by molar-refractivity contribution is 6.30. The normalized spacial score (nSPS) is 15.1. The van der Waals surface area contributed by atoms with Gasteiger partial charge < -0.3 is 10.6 Å². The summed E-state index contributed by atoms with van der Waals surface area (Å²) in [6.07, 6.45) is 5.06. The molecule has 21 heavy (non-hydrogen) atoms. The number of anilines is 3. The predicted octanol–water partition coefficient (Wildman–Crippen LogP) is 4.54. The van der Waals surface area contributed by atoms with Crippen LogP contribution in [0.4, 0.5) is 17.5 Å². The van der Waals surface area contributed by atoms with Gasteiger partial charge in [0.1, 0.15) is 5.82 Å². The van der Waals surface area contributed by atoms with E-state index in [4.69, 9.17) is 11.6 Å². The first-order chi connectivity index (χ1) is 10.2. The lowest BCUT2D eigenvalue weighted by molar-refractivity contribution is 0.749. The number of benzene rings is 1. The van der Waals surface area contributed by atoms with Crippen molar-refractivity contribution in [2.45, 2.75) is 38.6 Å². The van der Waals surface area contributed by atoms with Crippen LogP contribution in [0.2, 0.25) is 5.02 Å². The van der Waals surface area contributed by atoms with Gasteiger partial charge >= 0.3 is 0 Å². The summed E-state index contributed by atoms with van der Waals surface area (Å²) < 4.78 is 0. The van der Waals surface area contributed by atoms with E-state index in [1.165, 1.54) is 25.7 Å². The van der Waals surface area contributed by atoms with Crippen LogP contribution in [0.15, 0.2) is 30.3 Å². The fraction of sp³-hybridized carbons (Fsp3) is 0.375. The Hall–Kier alpha value is -1.81. The Morgan fingerprint density at radius 2 is 1.81 bits per heavy atom. The van der Waals surface area contributed by atoms with Gasteiger partial charge in [-0.25, -0.2) is 4.98 Å². The lowest BCUT2D eigenvalue weighted by atomic mass is 10.2. The largest absolute Gasteiger partial charge is 0.367 e. The Morgan fingerprint density at radius 3 is 2.52 bits per heavy atom. The second kappa shape index (κ2) is 6.31. The zero-order valence-corrected chi connectivity index (χ0v) is 12.8. The molecule has 0 spiro atoms. The second-order valence-electron chi connectivity index (χ2n) is 5.48. The highest BCUT2D eigenvalue weighted by Crippen LogP contribution is 2.23. The maximum absolute atomic E-state index is 5.89. The third kappa shape index (κ3) is 3.85. The van der Waals surface area contributed by atoms with Crippen LogP contribution >= 0.6 is 11.6 Å². The molecule has 1 aromatic carbocycles. The van der Waals surface area contributed by atoms with Gasteiger partial charge in [0.2, 0.25) is 5.95 Å². The maximum Gasteiger partial charge on any atom is 0.229 e. The third-order valence-electron chi connectivity index (χ3n) is 3.66. The third-order valence-corrected chi connectivity index (χ3v) is 3.91. The molecule has 0 amide bonds. The van der Waals surface area contributed by atoms with Gasteiger partial charge in [0, 0.05) is 28.5 Å². The van der Waals surface area contributed by atoms with E-state index in [-0.39, 0.29) is 0 Å². The Kier molecular flexibility index (Phi) is 4.25. The maximum atomic E-state index is 5.89. The average molecular weight is 303 g/mol. The minimum absolute atomic E-state index is 0.544. The minimum Gasteiger partial charge on any atom is -0.367 e. The van der Waals surface area contributed by atoms with Crippen LogP contribution in [0.3, 0.4) is 0 Å². The van der Waals surface area contributed by atoms with Crippen LogP contribution in [0.1, 0.15) is 31.4 Å². The highest BCUT2D eigenvalue weighted by atomic mass is 35.5. The number of halogens is 1. The molecule has 2 N–H and O–H groups in total. The van der Waals surface area contributed by atoms with Crippen molar-refractivity contribution in [2.24, 2.45) is 0 Å². The molecule has 2 aromatic rings. The first-order valence-corrected chi connectivity index (χ1v) is 7.72. The number of hydrogen-bond donors (Lipinski definition) is 2. The monoisotopic (exact) mass is 302 g/mol. The molecule has 1 heterocycles. The molecule has 1 saturated carbocycles. The summed E-state index contributed by atoms with van der Waals surface area (Å²) in [6.45, 7) is 1.98. The molecule has 1 fully saturated rings.